The zero-order valence-corrected chi connectivity index (χ0v) is 11.2. The molecular formula is C18H13NO2. The molecule has 0 aromatic heterocycles. The maximum Gasteiger partial charge on any atom is 0.258 e. The Kier molecular flexibility index (Phi) is 2.64. The highest BCUT2D eigenvalue weighted by Gasteiger charge is 2.26. The van der Waals surface area contributed by atoms with Gasteiger partial charge in [0.25, 0.3) is 5.91 Å². The number of nitrogens with one attached hydrogen (secondary N) is 1. The van der Waals surface area contributed by atoms with Crippen molar-refractivity contribution in [1.82, 2.24) is 5.32 Å². The Balaban J connectivity index is 1.75. The van der Waals surface area contributed by atoms with E-state index in [0.29, 0.717) is 11.3 Å². The first-order chi connectivity index (χ1) is 10.3. The topological polar surface area (TPSA) is 38.3 Å². The van der Waals surface area contributed by atoms with E-state index in [4.69, 9.17) is 4.74 Å². The number of hydrogen-bond acceptors (Lipinski definition) is 2. The number of benzene rings is 3. The van der Waals surface area contributed by atoms with Crippen molar-refractivity contribution < 1.29 is 9.53 Å². The minimum absolute atomic E-state index is 0.102. The molecule has 1 N–H and O–H groups in total. The zero-order chi connectivity index (χ0) is 14.2. The normalized spacial score (nSPS) is 17.0. The highest BCUT2D eigenvalue weighted by molar-refractivity contribution is 5.98. The molecule has 1 aliphatic heterocycles. The maximum absolute atomic E-state index is 12.1. The summed E-state index contributed by atoms with van der Waals surface area (Å²) < 4.78 is 5.91. The number of amides is 1. The van der Waals surface area contributed by atoms with E-state index in [0.717, 1.165) is 10.9 Å². The van der Waals surface area contributed by atoms with E-state index in [-0.39, 0.29) is 5.91 Å². The van der Waals surface area contributed by atoms with Crippen LogP contribution in [-0.2, 0) is 0 Å². The highest BCUT2D eigenvalue weighted by atomic mass is 16.5. The third-order valence-electron chi connectivity index (χ3n) is 3.71. The Bertz CT molecular complexity index is 841. The van der Waals surface area contributed by atoms with Crippen molar-refractivity contribution in [1.29, 1.82) is 0 Å². The summed E-state index contributed by atoms with van der Waals surface area (Å²) >= 11 is 0. The average molecular weight is 275 g/mol. The fourth-order valence-electron chi connectivity index (χ4n) is 2.63. The molecule has 0 unspecified atom stereocenters. The molecule has 4 rings (SSSR count). The van der Waals surface area contributed by atoms with Crippen LogP contribution < -0.4 is 10.1 Å². The number of fused-ring (bicyclic) bond motifs is 2. The lowest BCUT2D eigenvalue weighted by Gasteiger charge is -2.27. The summed E-state index contributed by atoms with van der Waals surface area (Å²) in [7, 11) is 0. The second kappa shape index (κ2) is 4.63. The molecule has 3 aromatic rings. The van der Waals surface area contributed by atoms with Crippen molar-refractivity contribution in [2.75, 3.05) is 0 Å². The first kappa shape index (κ1) is 12.0. The summed E-state index contributed by atoms with van der Waals surface area (Å²) in [5.41, 5.74) is 1.52. The molecule has 1 heterocycles. The van der Waals surface area contributed by atoms with Gasteiger partial charge in [0.05, 0.1) is 5.56 Å². The smallest absolute Gasteiger partial charge is 0.258 e. The van der Waals surface area contributed by atoms with E-state index in [2.05, 4.69) is 17.4 Å². The summed E-state index contributed by atoms with van der Waals surface area (Å²) in [4.78, 5) is 12.1. The monoisotopic (exact) mass is 275 g/mol. The molecule has 0 fully saturated rings. The van der Waals surface area contributed by atoms with Crippen molar-refractivity contribution in [3.8, 4) is 5.75 Å². The third-order valence-corrected chi connectivity index (χ3v) is 3.71. The van der Waals surface area contributed by atoms with Gasteiger partial charge >= 0.3 is 0 Å². The van der Waals surface area contributed by atoms with Gasteiger partial charge in [0.2, 0.25) is 0 Å². The fourth-order valence-corrected chi connectivity index (χ4v) is 2.63. The van der Waals surface area contributed by atoms with Gasteiger partial charge in [-0.1, -0.05) is 48.5 Å². The predicted octanol–water partition coefficient (Wildman–Crippen LogP) is 3.66. The fraction of sp³-hybridized carbons (Fsp3) is 0.0556. The Morgan fingerprint density at radius 2 is 1.62 bits per heavy atom. The van der Waals surface area contributed by atoms with E-state index < -0.39 is 6.23 Å². The van der Waals surface area contributed by atoms with Crippen molar-refractivity contribution >= 4 is 16.7 Å². The van der Waals surface area contributed by atoms with Crippen LogP contribution in [0.15, 0.2) is 66.7 Å². The molecule has 0 saturated carbocycles. The highest BCUT2D eigenvalue weighted by Crippen LogP contribution is 2.30. The van der Waals surface area contributed by atoms with E-state index in [1.54, 1.807) is 6.07 Å². The zero-order valence-electron chi connectivity index (χ0n) is 11.2. The van der Waals surface area contributed by atoms with Gasteiger partial charge in [0, 0.05) is 5.56 Å². The molecule has 3 heteroatoms. The molecule has 0 saturated heterocycles. The van der Waals surface area contributed by atoms with Gasteiger partial charge < -0.3 is 10.1 Å². The Labute approximate surface area is 122 Å². The number of para-hydroxylation sites is 1. The largest absolute Gasteiger partial charge is 0.466 e. The van der Waals surface area contributed by atoms with Gasteiger partial charge in [-0.3, -0.25) is 4.79 Å². The minimum atomic E-state index is -0.447. The van der Waals surface area contributed by atoms with Gasteiger partial charge in [-0.05, 0) is 29.0 Å². The lowest BCUT2D eigenvalue weighted by molar-refractivity contribution is 0.0756. The van der Waals surface area contributed by atoms with Crippen LogP contribution in [0.1, 0.15) is 22.1 Å². The average Bonchev–Trinajstić information content (AvgIpc) is 2.54. The van der Waals surface area contributed by atoms with Crippen molar-refractivity contribution in [3.63, 3.8) is 0 Å². The van der Waals surface area contributed by atoms with Crippen LogP contribution in [0.3, 0.4) is 0 Å². The Morgan fingerprint density at radius 3 is 2.52 bits per heavy atom. The molecule has 0 aliphatic carbocycles. The van der Waals surface area contributed by atoms with Crippen molar-refractivity contribution in [3.05, 3.63) is 77.9 Å². The van der Waals surface area contributed by atoms with Crippen molar-refractivity contribution in [2.24, 2.45) is 0 Å². The number of carbonyl (C=O) groups is 1. The molecule has 1 atom stereocenters. The standard InChI is InChI=1S/C18H13NO2/c20-17-15-7-3-4-8-16(15)21-18(19-17)14-10-9-12-5-1-2-6-13(12)11-14/h1-11,18H,(H,19,20)/t18-/m0/s1. The van der Waals surface area contributed by atoms with E-state index in [1.807, 2.05) is 48.5 Å². The van der Waals surface area contributed by atoms with Crippen LogP contribution in [-0.4, -0.2) is 5.91 Å². The molecule has 0 spiro atoms. The summed E-state index contributed by atoms with van der Waals surface area (Å²) in [6.45, 7) is 0. The second-order valence-corrected chi connectivity index (χ2v) is 5.07. The van der Waals surface area contributed by atoms with Gasteiger partial charge in [-0.25, -0.2) is 0 Å². The lowest BCUT2D eigenvalue weighted by Crippen LogP contribution is -2.36. The van der Waals surface area contributed by atoms with Crippen LogP contribution in [0.5, 0.6) is 5.75 Å². The Morgan fingerprint density at radius 1 is 0.857 bits per heavy atom. The summed E-state index contributed by atoms with van der Waals surface area (Å²) in [6, 6.07) is 21.5. The number of carbonyl (C=O) groups excluding carboxylic acids is 1. The first-order valence-electron chi connectivity index (χ1n) is 6.86. The minimum Gasteiger partial charge on any atom is -0.466 e. The SMILES string of the molecule is O=C1N[C@H](c2ccc3ccccc3c2)Oc2ccccc21. The second-order valence-electron chi connectivity index (χ2n) is 5.07. The van der Waals surface area contributed by atoms with Gasteiger partial charge in [0.15, 0.2) is 6.23 Å². The molecule has 3 aromatic carbocycles. The summed E-state index contributed by atoms with van der Waals surface area (Å²) in [5.74, 6) is 0.523. The number of hydrogen-bond donors (Lipinski definition) is 1. The maximum atomic E-state index is 12.1. The van der Waals surface area contributed by atoms with Crippen LogP contribution in [0.4, 0.5) is 0 Å². The van der Waals surface area contributed by atoms with Crippen LogP contribution >= 0.6 is 0 Å². The van der Waals surface area contributed by atoms with Crippen LogP contribution in [0.25, 0.3) is 10.8 Å². The lowest BCUT2D eigenvalue weighted by atomic mass is 10.0. The number of rotatable bonds is 1. The predicted molar refractivity (Wildman–Crippen MR) is 81.2 cm³/mol. The summed E-state index contributed by atoms with van der Waals surface area (Å²) in [6.07, 6.45) is -0.447. The quantitative estimate of drug-likeness (QED) is 0.736. The van der Waals surface area contributed by atoms with Crippen molar-refractivity contribution in [2.45, 2.75) is 6.23 Å². The summed E-state index contributed by atoms with van der Waals surface area (Å²) in [5, 5.41) is 5.19. The Hall–Kier alpha value is -2.81. The van der Waals surface area contributed by atoms with E-state index in [9.17, 15) is 4.79 Å². The molecule has 1 aliphatic rings. The molecule has 0 bridgehead atoms. The van der Waals surface area contributed by atoms with E-state index in [1.165, 1.54) is 5.39 Å². The molecule has 102 valence electrons. The first-order valence-corrected chi connectivity index (χ1v) is 6.86. The van der Waals surface area contributed by atoms with E-state index >= 15 is 0 Å². The molecular weight excluding hydrogens is 262 g/mol. The molecule has 1 amide bonds. The third kappa shape index (κ3) is 2.03. The van der Waals surface area contributed by atoms with Crippen LogP contribution in [0.2, 0.25) is 0 Å². The molecule has 21 heavy (non-hydrogen) atoms. The van der Waals surface area contributed by atoms with Crippen LogP contribution in [0, 0.1) is 0 Å². The van der Waals surface area contributed by atoms with Gasteiger partial charge in [-0.2, -0.15) is 0 Å². The molecule has 0 radical (unpaired) electrons. The number of ether oxygens (including phenoxy) is 1. The van der Waals surface area contributed by atoms with Gasteiger partial charge in [-0.15, -0.1) is 0 Å². The molecule has 3 nitrogen and oxygen atoms in total. The van der Waals surface area contributed by atoms with Gasteiger partial charge in [0.1, 0.15) is 5.75 Å².